The standard InChI is InChI=1S/C14H18ClN3/c15-11-5-6-13-12(9-11)17-14(16)18(13)8-7-10-3-1-2-4-10/h5-6,9-10H,1-4,7-8H2,(H2,16,17). The van der Waals surface area contributed by atoms with Crippen molar-refractivity contribution in [2.75, 3.05) is 5.73 Å². The number of fused-ring (bicyclic) bond motifs is 1. The van der Waals surface area contributed by atoms with Gasteiger partial charge in [0.05, 0.1) is 11.0 Å². The molecule has 1 aromatic carbocycles. The van der Waals surface area contributed by atoms with Crippen LogP contribution in [0.2, 0.25) is 5.02 Å². The molecule has 18 heavy (non-hydrogen) atoms. The Kier molecular flexibility index (Phi) is 3.16. The smallest absolute Gasteiger partial charge is 0.201 e. The first-order chi connectivity index (χ1) is 8.74. The van der Waals surface area contributed by atoms with Gasteiger partial charge in [0.15, 0.2) is 0 Å². The third-order valence-corrected chi connectivity index (χ3v) is 4.21. The largest absolute Gasteiger partial charge is 0.369 e. The molecule has 1 aliphatic rings. The average molecular weight is 264 g/mol. The maximum Gasteiger partial charge on any atom is 0.201 e. The number of hydrogen-bond acceptors (Lipinski definition) is 2. The molecule has 2 aromatic rings. The van der Waals surface area contributed by atoms with Crippen LogP contribution in [-0.2, 0) is 6.54 Å². The maximum absolute atomic E-state index is 6.00. The summed E-state index contributed by atoms with van der Waals surface area (Å²) < 4.78 is 2.12. The highest BCUT2D eigenvalue weighted by atomic mass is 35.5. The second-order valence-electron chi connectivity index (χ2n) is 5.19. The summed E-state index contributed by atoms with van der Waals surface area (Å²) in [4.78, 5) is 4.38. The van der Waals surface area contributed by atoms with Crippen molar-refractivity contribution in [3.8, 4) is 0 Å². The quantitative estimate of drug-likeness (QED) is 0.914. The number of nitrogen functional groups attached to an aromatic ring is 1. The summed E-state index contributed by atoms with van der Waals surface area (Å²) in [6, 6.07) is 5.78. The van der Waals surface area contributed by atoms with Crippen molar-refractivity contribution in [1.82, 2.24) is 9.55 Å². The fourth-order valence-electron chi connectivity index (χ4n) is 2.97. The molecule has 0 radical (unpaired) electrons. The molecule has 4 heteroatoms. The van der Waals surface area contributed by atoms with E-state index in [4.69, 9.17) is 17.3 Å². The summed E-state index contributed by atoms with van der Waals surface area (Å²) in [6.07, 6.45) is 6.73. The van der Waals surface area contributed by atoms with Crippen LogP contribution in [0.4, 0.5) is 5.95 Å². The Morgan fingerprint density at radius 3 is 2.89 bits per heavy atom. The SMILES string of the molecule is Nc1nc2cc(Cl)ccc2n1CCC1CCCC1. The Morgan fingerprint density at radius 2 is 2.11 bits per heavy atom. The third kappa shape index (κ3) is 2.19. The Morgan fingerprint density at radius 1 is 1.33 bits per heavy atom. The van der Waals surface area contributed by atoms with Crippen LogP contribution in [0.1, 0.15) is 32.1 Å². The zero-order valence-electron chi connectivity index (χ0n) is 10.4. The first kappa shape index (κ1) is 11.8. The van der Waals surface area contributed by atoms with E-state index in [1.807, 2.05) is 18.2 Å². The predicted molar refractivity (Wildman–Crippen MR) is 75.7 cm³/mol. The average Bonchev–Trinajstić information content (AvgIpc) is 2.93. The van der Waals surface area contributed by atoms with Gasteiger partial charge in [-0.15, -0.1) is 0 Å². The number of imidazole rings is 1. The van der Waals surface area contributed by atoms with Crippen molar-refractivity contribution >= 4 is 28.6 Å². The molecule has 0 saturated heterocycles. The molecule has 1 aliphatic carbocycles. The van der Waals surface area contributed by atoms with Gasteiger partial charge in [0.25, 0.3) is 0 Å². The number of halogens is 1. The van der Waals surface area contributed by atoms with Crippen molar-refractivity contribution in [3.05, 3.63) is 23.2 Å². The molecule has 3 nitrogen and oxygen atoms in total. The molecule has 2 N–H and O–H groups in total. The van der Waals surface area contributed by atoms with Gasteiger partial charge in [0, 0.05) is 11.6 Å². The first-order valence-corrected chi connectivity index (χ1v) is 7.03. The van der Waals surface area contributed by atoms with Crippen molar-refractivity contribution in [3.63, 3.8) is 0 Å². The number of aromatic nitrogens is 2. The fraction of sp³-hybridized carbons (Fsp3) is 0.500. The van der Waals surface area contributed by atoms with Gasteiger partial charge in [-0.2, -0.15) is 0 Å². The van der Waals surface area contributed by atoms with E-state index in [1.165, 1.54) is 32.1 Å². The molecule has 0 bridgehead atoms. The monoisotopic (exact) mass is 263 g/mol. The molecule has 0 spiro atoms. The summed E-state index contributed by atoms with van der Waals surface area (Å²) in [7, 11) is 0. The van der Waals surface area contributed by atoms with Gasteiger partial charge in [-0.3, -0.25) is 0 Å². The van der Waals surface area contributed by atoms with Gasteiger partial charge in [0.2, 0.25) is 5.95 Å². The number of nitrogens with zero attached hydrogens (tertiary/aromatic N) is 2. The van der Waals surface area contributed by atoms with Crippen LogP contribution in [0.3, 0.4) is 0 Å². The Hall–Kier alpha value is -1.22. The second kappa shape index (κ2) is 4.81. The van der Waals surface area contributed by atoms with Crippen molar-refractivity contribution in [2.45, 2.75) is 38.6 Å². The topological polar surface area (TPSA) is 43.8 Å². The van der Waals surface area contributed by atoms with Crippen LogP contribution < -0.4 is 5.73 Å². The highest BCUT2D eigenvalue weighted by Gasteiger charge is 2.16. The fourth-order valence-corrected chi connectivity index (χ4v) is 3.13. The van der Waals surface area contributed by atoms with Crippen molar-refractivity contribution in [2.24, 2.45) is 5.92 Å². The Labute approximate surface area is 112 Å². The van der Waals surface area contributed by atoms with E-state index >= 15 is 0 Å². The van der Waals surface area contributed by atoms with E-state index in [1.54, 1.807) is 0 Å². The highest BCUT2D eigenvalue weighted by molar-refractivity contribution is 6.31. The Bertz CT molecular complexity index is 555. The molecule has 1 aromatic heterocycles. The molecule has 1 heterocycles. The van der Waals surface area contributed by atoms with Gasteiger partial charge in [-0.25, -0.2) is 4.98 Å². The lowest BCUT2D eigenvalue weighted by atomic mass is 10.0. The number of rotatable bonds is 3. The number of benzene rings is 1. The lowest BCUT2D eigenvalue weighted by Gasteiger charge is -2.11. The molecule has 0 amide bonds. The summed E-state index contributed by atoms with van der Waals surface area (Å²) in [5.41, 5.74) is 7.98. The maximum atomic E-state index is 6.00. The normalized spacial score (nSPS) is 16.7. The van der Waals surface area contributed by atoms with Crippen LogP contribution >= 0.6 is 11.6 Å². The lowest BCUT2D eigenvalue weighted by Crippen LogP contribution is -2.06. The zero-order valence-corrected chi connectivity index (χ0v) is 11.2. The summed E-state index contributed by atoms with van der Waals surface area (Å²) in [6.45, 7) is 0.967. The number of aryl methyl sites for hydroxylation is 1. The molecular weight excluding hydrogens is 246 g/mol. The van der Waals surface area contributed by atoms with E-state index in [2.05, 4.69) is 9.55 Å². The molecule has 3 rings (SSSR count). The Balaban J connectivity index is 1.84. The van der Waals surface area contributed by atoms with Crippen LogP contribution in [0, 0.1) is 5.92 Å². The molecule has 0 unspecified atom stereocenters. The van der Waals surface area contributed by atoms with Gasteiger partial charge in [-0.1, -0.05) is 37.3 Å². The minimum Gasteiger partial charge on any atom is -0.369 e. The predicted octanol–water partition coefficient (Wildman–Crippen LogP) is 3.85. The van der Waals surface area contributed by atoms with E-state index in [9.17, 15) is 0 Å². The zero-order chi connectivity index (χ0) is 12.5. The third-order valence-electron chi connectivity index (χ3n) is 3.98. The summed E-state index contributed by atoms with van der Waals surface area (Å²) in [5, 5.41) is 0.711. The van der Waals surface area contributed by atoms with Gasteiger partial charge in [0.1, 0.15) is 0 Å². The van der Waals surface area contributed by atoms with Crippen molar-refractivity contribution in [1.29, 1.82) is 0 Å². The van der Waals surface area contributed by atoms with Crippen LogP contribution in [0.5, 0.6) is 0 Å². The van der Waals surface area contributed by atoms with E-state index in [-0.39, 0.29) is 0 Å². The van der Waals surface area contributed by atoms with Crippen LogP contribution in [0.25, 0.3) is 11.0 Å². The molecule has 1 fully saturated rings. The van der Waals surface area contributed by atoms with Gasteiger partial charge in [-0.05, 0) is 30.5 Å². The molecular formula is C14H18ClN3. The molecule has 1 saturated carbocycles. The van der Waals surface area contributed by atoms with E-state index < -0.39 is 0 Å². The molecule has 96 valence electrons. The van der Waals surface area contributed by atoms with E-state index in [0.29, 0.717) is 11.0 Å². The van der Waals surface area contributed by atoms with Gasteiger partial charge < -0.3 is 10.3 Å². The molecule has 0 aliphatic heterocycles. The first-order valence-electron chi connectivity index (χ1n) is 6.65. The minimum atomic E-state index is 0.602. The van der Waals surface area contributed by atoms with Crippen molar-refractivity contribution < 1.29 is 0 Å². The minimum absolute atomic E-state index is 0.602. The lowest BCUT2D eigenvalue weighted by molar-refractivity contribution is 0.464. The number of anilines is 1. The summed E-state index contributed by atoms with van der Waals surface area (Å²) >= 11 is 5.97. The van der Waals surface area contributed by atoms with E-state index in [0.717, 1.165) is 23.5 Å². The van der Waals surface area contributed by atoms with Crippen LogP contribution in [-0.4, -0.2) is 9.55 Å². The number of nitrogens with two attached hydrogens (primary N) is 1. The second-order valence-corrected chi connectivity index (χ2v) is 5.63. The van der Waals surface area contributed by atoms with Crippen LogP contribution in [0.15, 0.2) is 18.2 Å². The van der Waals surface area contributed by atoms with Gasteiger partial charge >= 0.3 is 0 Å². The highest BCUT2D eigenvalue weighted by Crippen LogP contribution is 2.29. The summed E-state index contributed by atoms with van der Waals surface area (Å²) in [5.74, 6) is 1.47. The molecule has 0 atom stereocenters. The number of hydrogen-bond donors (Lipinski definition) is 1.